The normalized spacial score (nSPS) is 32.8. The van der Waals surface area contributed by atoms with E-state index in [0.29, 0.717) is 12.5 Å². The monoisotopic (exact) mass is 191 g/mol. The first-order chi connectivity index (χ1) is 5.37. The summed E-state index contributed by atoms with van der Waals surface area (Å²) < 4.78 is 24.2. The standard InChI is InChI=1S/C8H17NO2S/c1-6(2)5-9-8(7(3)4)12(9,10)11/h6-8H,5H2,1-4H3. The molecule has 12 heavy (non-hydrogen) atoms. The quantitative estimate of drug-likeness (QED) is 0.630. The number of hydrogen-bond acceptors (Lipinski definition) is 2. The molecule has 0 aromatic rings. The van der Waals surface area contributed by atoms with Crippen LogP contribution in [0, 0.1) is 11.8 Å². The van der Waals surface area contributed by atoms with E-state index < -0.39 is 10.0 Å². The number of nitrogens with zero attached hydrogens (tertiary/aromatic N) is 1. The van der Waals surface area contributed by atoms with Gasteiger partial charge in [-0.15, -0.1) is 0 Å². The SMILES string of the molecule is CC(C)CN1C(C(C)C)S1(=O)=O. The molecule has 1 aliphatic rings. The molecule has 1 rings (SSSR count). The lowest BCUT2D eigenvalue weighted by atomic mass is 10.2. The van der Waals surface area contributed by atoms with E-state index in [1.54, 1.807) is 4.31 Å². The Bertz CT molecular complexity index is 256. The zero-order chi connectivity index (χ0) is 9.52. The second-order valence-electron chi connectivity index (χ2n) is 4.14. The van der Waals surface area contributed by atoms with E-state index in [1.807, 2.05) is 27.7 Å². The Labute approximate surface area is 74.8 Å². The third kappa shape index (κ3) is 1.64. The van der Waals surface area contributed by atoms with Crippen molar-refractivity contribution >= 4 is 10.0 Å². The molecule has 0 saturated carbocycles. The molecule has 0 N–H and O–H groups in total. The Morgan fingerprint density at radius 1 is 1.25 bits per heavy atom. The molecule has 0 spiro atoms. The third-order valence-corrected chi connectivity index (χ3v) is 4.21. The predicted molar refractivity (Wildman–Crippen MR) is 49.1 cm³/mol. The Morgan fingerprint density at radius 2 is 1.75 bits per heavy atom. The number of rotatable bonds is 3. The van der Waals surface area contributed by atoms with Crippen molar-refractivity contribution in [1.29, 1.82) is 0 Å². The minimum absolute atomic E-state index is 0.208. The molecule has 2 atom stereocenters. The molecule has 0 aliphatic carbocycles. The Morgan fingerprint density at radius 3 is 2.00 bits per heavy atom. The summed E-state index contributed by atoms with van der Waals surface area (Å²) in [5.74, 6) is 0.636. The molecule has 0 aromatic carbocycles. The summed E-state index contributed by atoms with van der Waals surface area (Å²) in [4.78, 5) is 0. The molecule has 1 heterocycles. The van der Waals surface area contributed by atoms with E-state index >= 15 is 0 Å². The lowest BCUT2D eigenvalue weighted by Crippen LogP contribution is -2.12. The second-order valence-corrected chi connectivity index (χ2v) is 6.13. The predicted octanol–water partition coefficient (Wildman–Crippen LogP) is 1.27. The maximum atomic E-state index is 11.3. The summed E-state index contributed by atoms with van der Waals surface area (Å²) >= 11 is 0. The summed E-state index contributed by atoms with van der Waals surface area (Å²) in [6.45, 7) is 8.63. The van der Waals surface area contributed by atoms with Gasteiger partial charge < -0.3 is 0 Å². The van der Waals surface area contributed by atoms with E-state index in [1.165, 1.54) is 0 Å². The van der Waals surface area contributed by atoms with Crippen LogP contribution in [-0.2, 0) is 10.0 Å². The first-order valence-corrected chi connectivity index (χ1v) is 5.88. The van der Waals surface area contributed by atoms with Gasteiger partial charge in [0.15, 0.2) is 0 Å². The zero-order valence-electron chi connectivity index (χ0n) is 8.11. The summed E-state index contributed by atoms with van der Waals surface area (Å²) in [5.41, 5.74) is 0. The van der Waals surface area contributed by atoms with Gasteiger partial charge in [0, 0.05) is 6.54 Å². The van der Waals surface area contributed by atoms with Gasteiger partial charge in [0.2, 0.25) is 10.0 Å². The maximum absolute atomic E-state index is 11.3. The summed E-state index contributed by atoms with van der Waals surface area (Å²) in [5, 5.41) is -0.208. The van der Waals surface area contributed by atoms with Crippen molar-refractivity contribution in [3.63, 3.8) is 0 Å². The molecule has 1 fully saturated rings. The van der Waals surface area contributed by atoms with Gasteiger partial charge in [-0.2, -0.15) is 4.31 Å². The molecule has 72 valence electrons. The van der Waals surface area contributed by atoms with E-state index in [9.17, 15) is 8.42 Å². The van der Waals surface area contributed by atoms with Crippen LogP contribution in [-0.4, -0.2) is 24.6 Å². The fraction of sp³-hybridized carbons (Fsp3) is 1.00. The molecular weight excluding hydrogens is 174 g/mol. The third-order valence-electron chi connectivity index (χ3n) is 1.99. The van der Waals surface area contributed by atoms with Gasteiger partial charge in [0.25, 0.3) is 0 Å². The van der Waals surface area contributed by atoms with Crippen LogP contribution in [0.3, 0.4) is 0 Å². The minimum Gasteiger partial charge on any atom is -0.210 e. The van der Waals surface area contributed by atoms with Crippen LogP contribution >= 0.6 is 0 Å². The van der Waals surface area contributed by atoms with Crippen molar-refractivity contribution in [2.75, 3.05) is 6.54 Å². The lowest BCUT2D eigenvalue weighted by molar-refractivity contribution is 0.403. The van der Waals surface area contributed by atoms with Crippen molar-refractivity contribution in [1.82, 2.24) is 4.31 Å². The van der Waals surface area contributed by atoms with Crippen LogP contribution in [0.2, 0.25) is 0 Å². The van der Waals surface area contributed by atoms with Crippen LogP contribution in [0.5, 0.6) is 0 Å². The minimum atomic E-state index is -2.86. The first-order valence-electron chi connectivity index (χ1n) is 4.38. The highest BCUT2D eigenvalue weighted by Gasteiger charge is 2.55. The molecular formula is C8H17NO2S. The van der Waals surface area contributed by atoms with Gasteiger partial charge in [-0.3, -0.25) is 0 Å². The largest absolute Gasteiger partial charge is 0.232 e. The van der Waals surface area contributed by atoms with Gasteiger partial charge >= 0.3 is 0 Å². The average molecular weight is 191 g/mol. The highest BCUT2D eigenvalue weighted by atomic mass is 32.2. The molecule has 1 saturated heterocycles. The lowest BCUT2D eigenvalue weighted by Gasteiger charge is -2.03. The van der Waals surface area contributed by atoms with Crippen LogP contribution in [0.25, 0.3) is 0 Å². The average Bonchev–Trinajstić information content (AvgIpc) is 2.32. The zero-order valence-corrected chi connectivity index (χ0v) is 8.93. The molecule has 2 unspecified atom stereocenters. The van der Waals surface area contributed by atoms with Crippen molar-refractivity contribution in [2.45, 2.75) is 33.1 Å². The van der Waals surface area contributed by atoms with Crippen molar-refractivity contribution in [2.24, 2.45) is 11.8 Å². The highest BCUT2D eigenvalue weighted by Crippen LogP contribution is 2.36. The fourth-order valence-electron chi connectivity index (χ4n) is 1.50. The van der Waals surface area contributed by atoms with Gasteiger partial charge in [0.05, 0.1) is 0 Å². The fourth-order valence-corrected chi connectivity index (χ4v) is 3.75. The van der Waals surface area contributed by atoms with Crippen LogP contribution in [0.15, 0.2) is 0 Å². The summed E-state index contributed by atoms with van der Waals surface area (Å²) in [7, 11) is -2.86. The van der Waals surface area contributed by atoms with Gasteiger partial charge in [-0.25, -0.2) is 8.42 Å². The molecule has 0 bridgehead atoms. The molecule has 4 heteroatoms. The van der Waals surface area contributed by atoms with Gasteiger partial charge in [-0.05, 0) is 11.8 Å². The molecule has 0 amide bonds. The Kier molecular flexibility index (Phi) is 2.50. The maximum Gasteiger partial charge on any atom is 0.232 e. The van der Waals surface area contributed by atoms with E-state index in [-0.39, 0.29) is 11.3 Å². The number of hydrogen-bond donors (Lipinski definition) is 0. The molecule has 3 nitrogen and oxygen atoms in total. The van der Waals surface area contributed by atoms with E-state index in [0.717, 1.165) is 0 Å². The Hall–Kier alpha value is -0.0900. The van der Waals surface area contributed by atoms with E-state index in [4.69, 9.17) is 0 Å². The van der Waals surface area contributed by atoms with Crippen LogP contribution < -0.4 is 0 Å². The number of sulfonamides is 1. The van der Waals surface area contributed by atoms with Crippen molar-refractivity contribution in [3.05, 3.63) is 0 Å². The topological polar surface area (TPSA) is 37.1 Å². The summed E-state index contributed by atoms with van der Waals surface area (Å²) in [6, 6.07) is 0. The van der Waals surface area contributed by atoms with Crippen LogP contribution in [0.4, 0.5) is 0 Å². The molecule has 0 aromatic heterocycles. The van der Waals surface area contributed by atoms with Crippen LogP contribution in [0.1, 0.15) is 27.7 Å². The molecule has 0 radical (unpaired) electrons. The first kappa shape index (κ1) is 9.99. The van der Waals surface area contributed by atoms with Crippen molar-refractivity contribution in [3.8, 4) is 0 Å². The van der Waals surface area contributed by atoms with Gasteiger partial charge in [0.1, 0.15) is 5.37 Å². The molecule has 1 aliphatic heterocycles. The van der Waals surface area contributed by atoms with Crippen molar-refractivity contribution < 1.29 is 8.42 Å². The second kappa shape index (κ2) is 3.00. The van der Waals surface area contributed by atoms with E-state index in [2.05, 4.69) is 0 Å². The smallest absolute Gasteiger partial charge is 0.210 e. The van der Waals surface area contributed by atoms with Gasteiger partial charge in [-0.1, -0.05) is 27.7 Å². The highest BCUT2D eigenvalue weighted by molar-refractivity contribution is 7.96. The Balaban J connectivity index is 2.61. The summed E-state index contributed by atoms with van der Waals surface area (Å²) in [6.07, 6.45) is 0.